The second-order valence-corrected chi connectivity index (χ2v) is 12.0. The van der Waals surface area contributed by atoms with Crippen molar-refractivity contribution in [2.24, 2.45) is 28.6 Å². The molecule has 3 saturated carbocycles. The molecule has 4 aliphatic carbocycles. The molecule has 9 heteroatoms. The number of carbonyl (C=O) groups excluding carboxylic acids is 4. The van der Waals surface area contributed by atoms with Crippen LogP contribution in [0.5, 0.6) is 0 Å². The van der Waals surface area contributed by atoms with Gasteiger partial charge in [0.05, 0.1) is 0 Å². The molecule has 0 aromatic rings. The summed E-state index contributed by atoms with van der Waals surface area (Å²) in [6, 6.07) is 0. The van der Waals surface area contributed by atoms with Gasteiger partial charge in [-0.25, -0.2) is 0 Å². The fraction of sp³-hybridized carbons (Fsp3) is 0.786. The van der Waals surface area contributed by atoms with Crippen molar-refractivity contribution >= 4 is 23.7 Å². The quantitative estimate of drug-likeness (QED) is 0.386. The van der Waals surface area contributed by atoms with Gasteiger partial charge in [0.25, 0.3) is 0 Å². The van der Waals surface area contributed by atoms with Crippen molar-refractivity contribution in [3.63, 3.8) is 0 Å². The Hall–Kier alpha value is -2.26. The predicted octanol–water partition coefficient (Wildman–Crippen LogP) is 3.28. The molecular formula is C28H38O9. The van der Waals surface area contributed by atoms with Crippen molar-refractivity contribution in [1.82, 2.24) is 0 Å². The van der Waals surface area contributed by atoms with Gasteiger partial charge in [-0.05, 0) is 38.0 Å². The van der Waals surface area contributed by atoms with Gasteiger partial charge in [-0.15, -0.1) is 0 Å². The Morgan fingerprint density at radius 1 is 1.00 bits per heavy atom. The molecule has 2 heterocycles. The molecule has 6 rings (SSSR count). The Morgan fingerprint density at radius 2 is 1.70 bits per heavy atom. The highest BCUT2D eigenvalue weighted by Crippen LogP contribution is 2.74. The SMILES string of the molecule is COC12CC[C@@]3(C)C(CC(OC(C)=O)[C@H]4[C@@H]5CC=C(C(C)=O)[C@@]5(COC(C)=O)CC(OC(C)=O)[C@@]43O1)C2. The standard InChI is InChI=1S/C28H38O9/c1-15(29)20-7-8-21-24-22(35-17(3)31)11-19-12-27(33-6)10-9-25(19,5)28(24,37-27)23(36-18(4)32)13-26(20,21)14-34-16(2)30/h7,19,21-24H,8-14H2,1-6H3/t19?,21-,22?,23?,24+,25-,26-,27?,28+/m0/s1. The molecule has 0 aromatic heterocycles. The first kappa shape index (κ1) is 26.4. The lowest BCUT2D eigenvalue weighted by atomic mass is 9.38. The maximum atomic E-state index is 12.9. The van der Waals surface area contributed by atoms with Crippen molar-refractivity contribution in [2.75, 3.05) is 13.7 Å². The number of hydrogen-bond donors (Lipinski definition) is 0. The molecule has 9 atom stereocenters. The van der Waals surface area contributed by atoms with Crippen LogP contribution in [0.15, 0.2) is 11.6 Å². The van der Waals surface area contributed by atoms with E-state index in [1.807, 2.05) is 6.08 Å². The van der Waals surface area contributed by atoms with Crippen LogP contribution in [0.3, 0.4) is 0 Å². The van der Waals surface area contributed by atoms with Crippen LogP contribution in [-0.4, -0.2) is 61.0 Å². The normalized spacial score (nSPS) is 45.2. The summed E-state index contributed by atoms with van der Waals surface area (Å²) in [5.74, 6) is -2.77. The number of ether oxygens (including phenoxy) is 5. The van der Waals surface area contributed by atoms with Crippen LogP contribution in [0.4, 0.5) is 0 Å². The number of Topliss-reactive ketones (excluding diaryl/α,β-unsaturated/α-hetero) is 1. The summed E-state index contributed by atoms with van der Waals surface area (Å²) in [5, 5.41) is 0. The molecule has 0 amide bonds. The fourth-order valence-electron chi connectivity index (χ4n) is 9.06. The van der Waals surface area contributed by atoms with Crippen LogP contribution in [-0.2, 0) is 42.9 Å². The molecular weight excluding hydrogens is 480 g/mol. The molecule has 1 spiro atoms. The molecule has 0 radical (unpaired) electrons. The first-order valence-electron chi connectivity index (χ1n) is 13.3. The fourth-order valence-corrected chi connectivity index (χ4v) is 9.06. The summed E-state index contributed by atoms with van der Waals surface area (Å²) in [6.07, 6.45) is 4.27. The van der Waals surface area contributed by atoms with E-state index in [1.54, 1.807) is 7.11 Å². The topological polar surface area (TPSA) is 114 Å². The number of carbonyl (C=O) groups is 4. The first-order chi connectivity index (χ1) is 17.3. The van der Waals surface area contributed by atoms with Crippen molar-refractivity contribution in [3.05, 3.63) is 11.6 Å². The largest absolute Gasteiger partial charge is 0.465 e. The zero-order chi connectivity index (χ0) is 27.0. The van der Waals surface area contributed by atoms with Crippen LogP contribution in [0.1, 0.15) is 73.1 Å². The van der Waals surface area contributed by atoms with Gasteiger partial charge in [0.15, 0.2) is 11.6 Å². The summed E-state index contributed by atoms with van der Waals surface area (Å²) in [4.78, 5) is 49.9. The minimum Gasteiger partial charge on any atom is -0.465 e. The molecule has 5 fully saturated rings. The smallest absolute Gasteiger partial charge is 0.303 e. The first-order valence-corrected chi connectivity index (χ1v) is 13.3. The molecule has 6 aliphatic rings. The van der Waals surface area contributed by atoms with Gasteiger partial charge in [0.2, 0.25) is 0 Å². The number of fused-ring (bicyclic) bond motifs is 3. The van der Waals surface area contributed by atoms with Crippen LogP contribution >= 0.6 is 0 Å². The molecule has 0 N–H and O–H groups in total. The van der Waals surface area contributed by atoms with Crippen LogP contribution < -0.4 is 0 Å². The molecule has 0 aromatic carbocycles. The van der Waals surface area contributed by atoms with E-state index >= 15 is 0 Å². The third-order valence-corrected chi connectivity index (χ3v) is 10.3. The lowest BCUT2D eigenvalue weighted by Gasteiger charge is -2.75. The molecule has 4 bridgehead atoms. The minimum atomic E-state index is -1.00. The molecule has 37 heavy (non-hydrogen) atoms. The van der Waals surface area contributed by atoms with E-state index in [4.69, 9.17) is 23.7 Å². The average molecular weight is 519 g/mol. The van der Waals surface area contributed by atoms with E-state index in [0.29, 0.717) is 24.8 Å². The van der Waals surface area contributed by atoms with E-state index in [9.17, 15) is 19.2 Å². The van der Waals surface area contributed by atoms with E-state index in [2.05, 4.69) is 6.92 Å². The Morgan fingerprint density at radius 3 is 2.30 bits per heavy atom. The number of rotatable bonds is 6. The van der Waals surface area contributed by atoms with E-state index in [-0.39, 0.29) is 36.1 Å². The van der Waals surface area contributed by atoms with Gasteiger partial charge in [-0.2, -0.15) is 0 Å². The van der Waals surface area contributed by atoms with Gasteiger partial charge >= 0.3 is 17.9 Å². The molecule has 4 unspecified atom stereocenters. The van der Waals surface area contributed by atoms with E-state index in [1.165, 1.54) is 27.7 Å². The Labute approximate surface area is 217 Å². The summed E-state index contributed by atoms with van der Waals surface area (Å²) in [7, 11) is 1.65. The third kappa shape index (κ3) is 3.56. The van der Waals surface area contributed by atoms with E-state index < -0.39 is 52.8 Å². The van der Waals surface area contributed by atoms with Gasteiger partial charge in [-0.3, -0.25) is 19.2 Å². The van der Waals surface area contributed by atoms with Crippen LogP contribution in [0.25, 0.3) is 0 Å². The highest BCUT2D eigenvalue weighted by Gasteiger charge is 2.80. The van der Waals surface area contributed by atoms with Crippen molar-refractivity contribution in [3.8, 4) is 0 Å². The highest BCUT2D eigenvalue weighted by atomic mass is 16.7. The number of hydrogen-bond acceptors (Lipinski definition) is 9. The summed E-state index contributed by atoms with van der Waals surface area (Å²) >= 11 is 0. The Kier molecular flexibility index (Phi) is 6.15. The lowest BCUT2D eigenvalue weighted by Crippen LogP contribution is -2.82. The molecule has 9 nitrogen and oxygen atoms in total. The van der Waals surface area contributed by atoms with Gasteiger partial charge in [0, 0.05) is 69.5 Å². The summed E-state index contributed by atoms with van der Waals surface area (Å²) < 4.78 is 30.9. The Balaban J connectivity index is 1.74. The van der Waals surface area contributed by atoms with E-state index in [0.717, 1.165) is 12.8 Å². The third-order valence-electron chi connectivity index (χ3n) is 10.3. The van der Waals surface area contributed by atoms with Crippen molar-refractivity contribution in [2.45, 2.75) is 96.7 Å². The van der Waals surface area contributed by atoms with Crippen molar-refractivity contribution in [1.29, 1.82) is 0 Å². The molecule has 2 aliphatic heterocycles. The van der Waals surface area contributed by atoms with Gasteiger partial charge in [-0.1, -0.05) is 13.0 Å². The second kappa shape index (κ2) is 8.63. The zero-order valence-electron chi connectivity index (χ0n) is 22.6. The second-order valence-electron chi connectivity index (χ2n) is 12.0. The molecule has 2 saturated heterocycles. The summed E-state index contributed by atoms with van der Waals surface area (Å²) in [5.41, 5.74) is -1.70. The molecule has 204 valence electrons. The van der Waals surface area contributed by atoms with Gasteiger partial charge < -0.3 is 23.7 Å². The lowest BCUT2D eigenvalue weighted by molar-refractivity contribution is -0.448. The average Bonchev–Trinajstić information content (AvgIpc) is 3.17. The maximum absolute atomic E-state index is 12.9. The number of esters is 3. The highest BCUT2D eigenvalue weighted by molar-refractivity contribution is 5.95. The van der Waals surface area contributed by atoms with Gasteiger partial charge in [0.1, 0.15) is 24.4 Å². The van der Waals surface area contributed by atoms with Crippen LogP contribution in [0.2, 0.25) is 0 Å². The van der Waals surface area contributed by atoms with Crippen LogP contribution in [0, 0.1) is 28.6 Å². The number of methoxy groups -OCH3 is 1. The monoisotopic (exact) mass is 518 g/mol. The maximum Gasteiger partial charge on any atom is 0.303 e. The summed E-state index contributed by atoms with van der Waals surface area (Å²) in [6.45, 7) is 7.80. The van der Waals surface area contributed by atoms with Crippen molar-refractivity contribution < 1.29 is 42.9 Å². The number of ketones is 1. The predicted molar refractivity (Wildman–Crippen MR) is 129 cm³/mol. The zero-order valence-corrected chi connectivity index (χ0v) is 22.6. The minimum absolute atomic E-state index is 0.0227. The number of allylic oxidation sites excluding steroid dienone is 1. The Bertz CT molecular complexity index is 1070.